The van der Waals surface area contributed by atoms with Gasteiger partial charge in [-0.15, -0.1) is 0 Å². The Labute approximate surface area is 229 Å². The maximum absolute atomic E-state index is 13.4. The van der Waals surface area contributed by atoms with Gasteiger partial charge in [0.05, 0.1) is 11.1 Å². The molecule has 5 rings (SSSR count). The van der Waals surface area contributed by atoms with Crippen molar-refractivity contribution in [3.63, 3.8) is 0 Å². The van der Waals surface area contributed by atoms with Crippen molar-refractivity contribution < 1.29 is 19.2 Å². The van der Waals surface area contributed by atoms with Crippen LogP contribution >= 0.6 is 0 Å². The number of nitrogens with one attached hydrogen (secondary N) is 2. The molecule has 2 atom stereocenters. The lowest BCUT2D eigenvalue weighted by atomic mass is 9.98. The van der Waals surface area contributed by atoms with Crippen LogP contribution in [-0.2, 0) is 21.4 Å². The third-order valence-electron chi connectivity index (χ3n) is 7.56. The number of pyridine rings is 1. The van der Waals surface area contributed by atoms with Crippen molar-refractivity contribution in [2.24, 2.45) is 7.05 Å². The van der Waals surface area contributed by atoms with E-state index in [0.717, 1.165) is 12.8 Å². The van der Waals surface area contributed by atoms with Gasteiger partial charge in [-0.2, -0.15) is 0 Å². The number of hydrogen-bond donors (Lipinski definition) is 2. The molecular weight excluding hydrogens is 516 g/mol. The maximum Gasteiger partial charge on any atom is 0.262 e. The van der Waals surface area contributed by atoms with Crippen molar-refractivity contribution in [1.29, 1.82) is 0 Å². The molecule has 0 bridgehead atoms. The normalized spacial score (nSPS) is 19.4. The number of piperidine rings is 2. The second-order valence-electron chi connectivity index (χ2n) is 10.3. The van der Waals surface area contributed by atoms with Crippen LogP contribution in [0, 0.1) is 6.92 Å². The van der Waals surface area contributed by atoms with E-state index in [0.29, 0.717) is 24.2 Å². The minimum absolute atomic E-state index is 0.0410. The van der Waals surface area contributed by atoms with Crippen molar-refractivity contribution in [2.45, 2.75) is 57.5 Å². The fourth-order valence-corrected chi connectivity index (χ4v) is 5.47. The SMILES string of the molecule is Cc1nc2c(NC(=O)CC3CCCCN3C(=O)c3ccn(C)c(=O)c3)cccc2c(=O)n1C1CCC(=O)NC1=O. The minimum atomic E-state index is -0.847. The van der Waals surface area contributed by atoms with Crippen LogP contribution in [0.1, 0.15) is 60.7 Å². The molecule has 0 aliphatic carbocycles. The first-order valence-electron chi connectivity index (χ1n) is 13.3. The number of aromatic nitrogens is 3. The summed E-state index contributed by atoms with van der Waals surface area (Å²) in [5.41, 5.74) is 0.201. The number of aryl methyl sites for hydroxylation is 2. The second kappa shape index (κ2) is 10.9. The van der Waals surface area contributed by atoms with Gasteiger partial charge in [0, 0.05) is 50.3 Å². The molecule has 2 N–H and O–H groups in total. The third-order valence-corrected chi connectivity index (χ3v) is 7.56. The lowest BCUT2D eigenvalue weighted by molar-refractivity contribution is -0.135. The minimum Gasteiger partial charge on any atom is -0.335 e. The molecule has 2 unspecified atom stereocenters. The summed E-state index contributed by atoms with van der Waals surface area (Å²) in [6.45, 7) is 2.09. The molecule has 208 valence electrons. The van der Waals surface area contributed by atoms with Crippen LogP contribution in [0.2, 0.25) is 0 Å². The lowest BCUT2D eigenvalue weighted by Gasteiger charge is -2.35. The van der Waals surface area contributed by atoms with E-state index in [4.69, 9.17) is 0 Å². The quantitative estimate of drug-likeness (QED) is 0.459. The van der Waals surface area contributed by atoms with E-state index < -0.39 is 17.5 Å². The number of nitrogens with zero attached hydrogens (tertiary/aromatic N) is 4. The molecule has 2 fully saturated rings. The van der Waals surface area contributed by atoms with E-state index in [-0.39, 0.29) is 65.4 Å². The highest BCUT2D eigenvalue weighted by atomic mass is 16.2. The highest BCUT2D eigenvalue weighted by Gasteiger charge is 2.32. The Morgan fingerprint density at radius 2 is 1.90 bits per heavy atom. The standard InChI is InChI=1S/C28H30N6O6/c1-16-29-25-19(28(40)34(16)21-9-10-22(35)31-26(21)38)7-5-8-20(25)30-23(36)15-18-6-3-4-12-33(18)27(39)17-11-13-32(2)24(37)14-17/h5,7-8,11,13-14,18,21H,3-4,6,9-10,12,15H2,1-2H3,(H,30,36)(H,31,35,38). The lowest BCUT2D eigenvalue weighted by Crippen LogP contribution is -2.45. The molecule has 12 nitrogen and oxygen atoms in total. The number of likely N-dealkylation sites (tertiary alicyclic amines) is 1. The van der Waals surface area contributed by atoms with Crippen LogP contribution in [0.25, 0.3) is 10.9 Å². The van der Waals surface area contributed by atoms with Gasteiger partial charge in [-0.05, 0) is 50.8 Å². The Morgan fingerprint density at radius 1 is 1.10 bits per heavy atom. The number of benzene rings is 1. The molecule has 0 radical (unpaired) electrons. The largest absolute Gasteiger partial charge is 0.335 e. The van der Waals surface area contributed by atoms with E-state index in [2.05, 4.69) is 15.6 Å². The van der Waals surface area contributed by atoms with Gasteiger partial charge < -0.3 is 14.8 Å². The van der Waals surface area contributed by atoms with E-state index in [1.54, 1.807) is 49.3 Å². The Kier molecular flexibility index (Phi) is 7.33. The molecule has 12 heteroatoms. The molecule has 4 heterocycles. The van der Waals surface area contributed by atoms with Gasteiger partial charge in [0.15, 0.2) is 0 Å². The zero-order chi connectivity index (χ0) is 28.6. The number of hydrogen-bond acceptors (Lipinski definition) is 7. The molecule has 40 heavy (non-hydrogen) atoms. The molecule has 1 aromatic carbocycles. The van der Waals surface area contributed by atoms with Crippen LogP contribution in [-0.4, -0.2) is 55.2 Å². The Bertz CT molecular complexity index is 1660. The summed E-state index contributed by atoms with van der Waals surface area (Å²) in [4.78, 5) is 82.1. The fraction of sp³-hybridized carbons (Fsp3) is 0.393. The third kappa shape index (κ3) is 5.16. The van der Waals surface area contributed by atoms with Crippen LogP contribution in [0.15, 0.2) is 46.1 Å². The first-order valence-corrected chi connectivity index (χ1v) is 13.3. The molecule has 2 aliphatic rings. The number of anilines is 1. The zero-order valence-corrected chi connectivity index (χ0v) is 22.3. The highest BCUT2D eigenvalue weighted by Crippen LogP contribution is 2.26. The summed E-state index contributed by atoms with van der Waals surface area (Å²) in [6, 6.07) is 6.55. The summed E-state index contributed by atoms with van der Waals surface area (Å²) in [5, 5.41) is 5.35. The average Bonchev–Trinajstić information content (AvgIpc) is 2.92. The Hall–Kier alpha value is -4.61. The number of carbonyl (C=O) groups is 4. The van der Waals surface area contributed by atoms with Gasteiger partial charge in [-0.25, -0.2) is 4.98 Å². The second-order valence-corrected chi connectivity index (χ2v) is 10.3. The summed E-state index contributed by atoms with van der Waals surface area (Å²) in [5.74, 6) is -1.26. The molecule has 0 spiro atoms. The molecule has 2 aromatic heterocycles. The van der Waals surface area contributed by atoms with Crippen LogP contribution in [0.4, 0.5) is 5.69 Å². The average molecular weight is 547 g/mol. The van der Waals surface area contributed by atoms with Gasteiger partial charge in [0.25, 0.3) is 17.0 Å². The number of amides is 4. The Morgan fingerprint density at radius 3 is 2.65 bits per heavy atom. The highest BCUT2D eigenvalue weighted by molar-refractivity contribution is 6.02. The van der Waals surface area contributed by atoms with E-state index in [1.165, 1.54) is 15.2 Å². The molecule has 2 saturated heterocycles. The molecular formula is C28H30N6O6. The van der Waals surface area contributed by atoms with Gasteiger partial charge in [0.1, 0.15) is 17.4 Å². The maximum atomic E-state index is 13.4. The van der Waals surface area contributed by atoms with Gasteiger partial charge in [-0.1, -0.05) is 6.07 Å². The summed E-state index contributed by atoms with van der Waals surface area (Å²) in [7, 11) is 1.61. The van der Waals surface area contributed by atoms with Crippen molar-refractivity contribution in [3.8, 4) is 0 Å². The van der Waals surface area contributed by atoms with E-state index >= 15 is 0 Å². The van der Waals surface area contributed by atoms with Gasteiger partial charge in [0.2, 0.25) is 17.7 Å². The monoisotopic (exact) mass is 546 g/mol. The summed E-state index contributed by atoms with van der Waals surface area (Å²) < 4.78 is 2.68. The predicted molar refractivity (Wildman–Crippen MR) is 146 cm³/mol. The molecule has 0 saturated carbocycles. The molecule has 3 aromatic rings. The van der Waals surface area contributed by atoms with Crippen LogP contribution in [0.3, 0.4) is 0 Å². The number of para-hydroxylation sites is 1. The Balaban J connectivity index is 1.37. The molecule has 2 aliphatic heterocycles. The van der Waals surface area contributed by atoms with Crippen molar-refractivity contribution in [1.82, 2.24) is 24.3 Å². The zero-order valence-electron chi connectivity index (χ0n) is 22.3. The molecule has 4 amide bonds. The van der Waals surface area contributed by atoms with Crippen molar-refractivity contribution in [3.05, 3.63) is 68.6 Å². The summed E-state index contributed by atoms with van der Waals surface area (Å²) >= 11 is 0. The van der Waals surface area contributed by atoms with Crippen LogP contribution in [0.5, 0.6) is 0 Å². The van der Waals surface area contributed by atoms with Gasteiger partial charge in [-0.3, -0.25) is 38.7 Å². The van der Waals surface area contributed by atoms with Crippen molar-refractivity contribution >= 4 is 40.2 Å². The predicted octanol–water partition coefficient (Wildman–Crippen LogP) is 1.40. The number of rotatable bonds is 5. The number of carbonyl (C=O) groups excluding carboxylic acids is 4. The van der Waals surface area contributed by atoms with E-state index in [9.17, 15) is 28.8 Å². The first-order chi connectivity index (χ1) is 19.1. The van der Waals surface area contributed by atoms with Gasteiger partial charge >= 0.3 is 0 Å². The smallest absolute Gasteiger partial charge is 0.262 e. The first kappa shape index (κ1) is 27.0. The van der Waals surface area contributed by atoms with Crippen molar-refractivity contribution in [2.75, 3.05) is 11.9 Å². The number of imide groups is 1. The fourth-order valence-electron chi connectivity index (χ4n) is 5.47. The summed E-state index contributed by atoms with van der Waals surface area (Å²) in [6.07, 6.45) is 4.23. The number of fused-ring (bicyclic) bond motifs is 1. The van der Waals surface area contributed by atoms with Crippen LogP contribution < -0.4 is 21.8 Å². The van der Waals surface area contributed by atoms with E-state index in [1.807, 2.05) is 0 Å². The topological polar surface area (TPSA) is 152 Å².